The molecule has 2 aromatic heterocycles. The summed E-state index contributed by atoms with van der Waals surface area (Å²) in [5.41, 5.74) is 5.03. The molecule has 9 nitrogen and oxygen atoms in total. The number of aromatic nitrogens is 4. The highest BCUT2D eigenvalue weighted by atomic mass is 19.1. The Bertz CT molecular complexity index is 1780. The molecule has 3 aliphatic rings. The van der Waals surface area contributed by atoms with Gasteiger partial charge in [0.1, 0.15) is 24.2 Å². The second kappa shape index (κ2) is 11.2. The maximum Gasteiger partial charge on any atom is 0.234 e. The van der Waals surface area contributed by atoms with Crippen LogP contribution in [-0.2, 0) is 16.8 Å². The molecule has 10 heteroatoms. The molecule has 1 unspecified atom stereocenters. The summed E-state index contributed by atoms with van der Waals surface area (Å²) < 4.78 is 21.0. The van der Waals surface area contributed by atoms with Crippen molar-refractivity contribution in [1.29, 1.82) is 0 Å². The van der Waals surface area contributed by atoms with E-state index in [4.69, 9.17) is 4.74 Å². The molecule has 5 heterocycles. The predicted octanol–water partition coefficient (Wildman–Crippen LogP) is 6.32. The number of nitrogens with zero attached hydrogens (tertiary/aromatic N) is 6. The third kappa shape index (κ3) is 5.41. The van der Waals surface area contributed by atoms with Gasteiger partial charge in [0, 0.05) is 54.6 Å². The Balaban J connectivity index is 1.08. The van der Waals surface area contributed by atoms with Gasteiger partial charge in [-0.2, -0.15) is 0 Å². The average molecular weight is 608 g/mol. The first kappa shape index (κ1) is 29.3. The number of carbonyl (C=O) groups is 1. The highest BCUT2D eigenvalue weighted by Crippen LogP contribution is 2.45. The van der Waals surface area contributed by atoms with Crippen molar-refractivity contribution in [2.24, 2.45) is 5.41 Å². The van der Waals surface area contributed by atoms with Gasteiger partial charge in [0.05, 0.1) is 17.3 Å². The van der Waals surface area contributed by atoms with Crippen molar-refractivity contribution in [3.63, 3.8) is 0 Å². The van der Waals surface area contributed by atoms with Crippen LogP contribution in [0.4, 0.5) is 15.9 Å². The maximum absolute atomic E-state index is 14.5. The number of fused-ring (bicyclic) bond motifs is 1. The number of likely N-dealkylation sites (tertiary alicyclic amines) is 1. The summed E-state index contributed by atoms with van der Waals surface area (Å²) in [6.07, 6.45) is 8.62. The summed E-state index contributed by atoms with van der Waals surface area (Å²) in [6.45, 7) is 12.6. The van der Waals surface area contributed by atoms with Crippen LogP contribution in [0.15, 0.2) is 61.4 Å². The van der Waals surface area contributed by atoms with Crippen molar-refractivity contribution in [3.05, 3.63) is 84.1 Å². The van der Waals surface area contributed by atoms with Crippen molar-refractivity contribution in [3.8, 4) is 22.6 Å². The Morgan fingerprint density at radius 3 is 2.60 bits per heavy atom. The second-order valence-electron chi connectivity index (χ2n) is 13.5. The fraction of sp³-hybridized carbons (Fsp3) is 0.400. The number of benzene rings is 2. The Hall–Kier alpha value is -4.44. The summed E-state index contributed by atoms with van der Waals surface area (Å²) in [4.78, 5) is 34.8. The van der Waals surface area contributed by atoms with E-state index in [2.05, 4.69) is 53.3 Å². The normalized spacial score (nSPS) is 20.7. The minimum Gasteiger partial charge on any atom is -0.451 e. The van der Waals surface area contributed by atoms with Crippen LogP contribution in [0.3, 0.4) is 0 Å². The molecule has 0 aliphatic carbocycles. The van der Waals surface area contributed by atoms with Gasteiger partial charge in [0.15, 0.2) is 11.6 Å². The zero-order valence-electron chi connectivity index (χ0n) is 26.2. The maximum atomic E-state index is 14.5. The lowest BCUT2D eigenvalue weighted by Crippen LogP contribution is -2.31. The van der Waals surface area contributed by atoms with Crippen LogP contribution < -0.4 is 15.0 Å². The SMILES string of the molecule is CC(C)c1ncncc1-c1cc(F)ccc1Oc1cncnc1N1CCC2(CCN(Cc3ccc4c(c3)NC(=O)C4(C)C)C2)C1. The van der Waals surface area contributed by atoms with Crippen molar-refractivity contribution in [1.82, 2.24) is 24.8 Å². The van der Waals surface area contributed by atoms with E-state index in [1.54, 1.807) is 24.8 Å². The Kier molecular flexibility index (Phi) is 7.27. The summed E-state index contributed by atoms with van der Waals surface area (Å²) in [7, 11) is 0. The highest BCUT2D eigenvalue weighted by molar-refractivity contribution is 6.05. The molecule has 1 amide bonds. The van der Waals surface area contributed by atoms with Gasteiger partial charge in [-0.05, 0) is 74.5 Å². The molecule has 2 saturated heterocycles. The van der Waals surface area contributed by atoms with Gasteiger partial charge in [0.2, 0.25) is 5.91 Å². The smallest absolute Gasteiger partial charge is 0.234 e. The summed E-state index contributed by atoms with van der Waals surface area (Å²) in [5.74, 6) is 1.58. The van der Waals surface area contributed by atoms with Gasteiger partial charge >= 0.3 is 0 Å². The van der Waals surface area contributed by atoms with Crippen LogP contribution in [0.5, 0.6) is 11.5 Å². The Labute approximate surface area is 262 Å². The fourth-order valence-corrected chi connectivity index (χ4v) is 7.16. The molecule has 232 valence electrons. The zero-order chi connectivity index (χ0) is 31.3. The van der Waals surface area contributed by atoms with Crippen LogP contribution in [0.1, 0.15) is 63.3 Å². The molecule has 1 atom stereocenters. The summed E-state index contributed by atoms with van der Waals surface area (Å²) >= 11 is 0. The standard InChI is InChI=1S/C35H38FN7O2/c1-22(2)31-26(15-37-20-39-31)25-14-24(36)6-8-29(25)45-30-16-38-21-40-32(30)43-12-10-35(19-43)9-11-42(18-35)17-23-5-7-27-28(13-23)41-33(44)34(27,3)4/h5-8,13-16,20-22H,9-12,17-19H2,1-4H3,(H,41,44). The molecule has 45 heavy (non-hydrogen) atoms. The number of carbonyl (C=O) groups excluding carboxylic acids is 1. The van der Waals surface area contributed by atoms with Crippen molar-refractivity contribution in [2.75, 3.05) is 36.4 Å². The number of ether oxygens (including phenoxy) is 1. The van der Waals surface area contributed by atoms with E-state index in [-0.39, 0.29) is 23.1 Å². The minimum absolute atomic E-state index is 0.0546. The lowest BCUT2D eigenvalue weighted by molar-refractivity contribution is -0.119. The molecular weight excluding hydrogens is 569 g/mol. The van der Waals surface area contributed by atoms with Crippen molar-refractivity contribution >= 4 is 17.4 Å². The van der Waals surface area contributed by atoms with Gasteiger partial charge in [0.25, 0.3) is 0 Å². The molecule has 1 spiro atoms. The fourth-order valence-electron chi connectivity index (χ4n) is 7.16. The monoisotopic (exact) mass is 607 g/mol. The van der Waals surface area contributed by atoms with Crippen LogP contribution in [-0.4, -0.2) is 56.9 Å². The number of amides is 1. The largest absolute Gasteiger partial charge is 0.451 e. The van der Waals surface area contributed by atoms with Gasteiger partial charge in [-0.1, -0.05) is 26.0 Å². The molecule has 2 aromatic carbocycles. The van der Waals surface area contributed by atoms with E-state index in [1.165, 1.54) is 24.0 Å². The number of halogens is 1. The molecule has 4 aromatic rings. The summed E-state index contributed by atoms with van der Waals surface area (Å²) in [6, 6.07) is 10.9. The van der Waals surface area contributed by atoms with Gasteiger partial charge in [-0.3, -0.25) is 9.69 Å². The number of nitrogens with one attached hydrogen (secondary N) is 1. The molecule has 0 saturated carbocycles. The molecule has 2 fully saturated rings. The predicted molar refractivity (Wildman–Crippen MR) is 171 cm³/mol. The van der Waals surface area contributed by atoms with Gasteiger partial charge in [-0.25, -0.2) is 24.3 Å². The summed E-state index contributed by atoms with van der Waals surface area (Å²) in [5, 5.41) is 3.06. The molecule has 0 radical (unpaired) electrons. The minimum atomic E-state index is -0.492. The van der Waals surface area contributed by atoms with Crippen molar-refractivity contribution < 1.29 is 13.9 Å². The third-order valence-corrected chi connectivity index (χ3v) is 9.64. The third-order valence-electron chi connectivity index (χ3n) is 9.64. The first-order valence-electron chi connectivity index (χ1n) is 15.6. The van der Waals surface area contributed by atoms with E-state index >= 15 is 0 Å². The van der Waals surface area contributed by atoms with E-state index in [0.29, 0.717) is 17.1 Å². The quantitative estimate of drug-likeness (QED) is 0.261. The Morgan fingerprint density at radius 1 is 0.956 bits per heavy atom. The number of anilines is 2. The zero-order valence-corrected chi connectivity index (χ0v) is 26.2. The Morgan fingerprint density at radius 2 is 1.76 bits per heavy atom. The highest BCUT2D eigenvalue weighted by Gasteiger charge is 2.44. The molecule has 0 bridgehead atoms. The first-order chi connectivity index (χ1) is 21.6. The topological polar surface area (TPSA) is 96.4 Å². The first-order valence-corrected chi connectivity index (χ1v) is 15.6. The van der Waals surface area contributed by atoms with Crippen LogP contribution in [0, 0.1) is 11.2 Å². The van der Waals surface area contributed by atoms with Crippen LogP contribution >= 0.6 is 0 Å². The van der Waals surface area contributed by atoms with E-state index in [0.717, 1.165) is 73.9 Å². The van der Waals surface area contributed by atoms with Gasteiger partial charge in [-0.15, -0.1) is 0 Å². The van der Waals surface area contributed by atoms with Gasteiger partial charge < -0.3 is 15.0 Å². The molecule has 1 N–H and O–H groups in total. The number of hydrogen-bond acceptors (Lipinski definition) is 8. The van der Waals surface area contributed by atoms with Crippen LogP contribution in [0.25, 0.3) is 11.1 Å². The second-order valence-corrected chi connectivity index (χ2v) is 13.5. The van der Waals surface area contributed by atoms with E-state index in [1.807, 2.05) is 27.7 Å². The van der Waals surface area contributed by atoms with E-state index in [9.17, 15) is 9.18 Å². The lowest BCUT2D eigenvalue weighted by atomic mass is 9.86. The van der Waals surface area contributed by atoms with E-state index < -0.39 is 5.41 Å². The molecule has 3 aliphatic heterocycles. The molecule has 7 rings (SSSR count). The lowest BCUT2D eigenvalue weighted by Gasteiger charge is -2.26. The average Bonchev–Trinajstić information content (AvgIpc) is 3.69. The number of rotatable bonds is 7. The van der Waals surface area contributed by atoms with Crippen molar-refractivity contribution in [2.45, 2.75) is 58.4 Å². The van der Waals surface area contributed by atoms with Crippen LogP contribution in [0.2, 0.25) is 0 Å². The number of hydrogen-bond donors (Lipinski definition) is 1. The molecular formula is C35H38FN7O2.